The molecule has 5 heteroatoms. The molecule has 4 rings (SSSR count). The van der Waals surface area contributed by atoms with Gasteiger partial charge in [0.2, 0.25) is 5.91 Å². The first-order valence-electron chi connectivity index (χ1n) is 8.22. The summed E-state index contributed by atoms with van der Waals surface area (Å²) in [5.41, 5.74) is 3.78. The molecule has 0 radical (unpaired) electrons. The van der Waals surface area contributed by atoms with Crippen LogP contribution in [-0.2, 0) is 11.2 Å². The fraction of sp³-hybridized carbons (Fsp3) is 0.200. The second-order valence-corrected chi connectivity index (χ2v) is 6.20. The lowest BCUT2D eigenvalue weighted by Gasteiger charge is -2.24. The molecule has 1 N–H and O–H groups in total. The largest absolute Gasteiger partial charge is 0.492 e. The summed E-state index contributed by atoms with van der Waals surface area (Å²) in [7, 11) is 0. The second-order valence-electron chi connectivity index (χ2n) is 6.20. The van der Waals surface area contributed by atoms with Crippen molar-refractivity contribution < 1.29 is 13.9 Å². The van der Waals surface area contributed by atoms with Crippen LogP contribution in [0.3, 0.4) is 0 Å². The maximum Gasteiger partial charge on any atom is 0.231 e. The van der Waals surface area contributed by atoms with Gasteiger partial charge in [-0.05, 0) is 48.7 Å². The van der Waals surface area contributed by atoms with E-state index in [0.29, 0.717) is 18.8 Å². The molecule has 0 spiro atoms. The van der Waals surface area contributed by atoms with Gasteiger partial charge in [0.1, 0.15) is 12.4 Å². The Bertz CT molecular complexity index is 903. The SMILES string of the molecule is Cc1cc(-c2cnco2)ccc1NC(=O)C1COc2ccccc2C1. The predicted molar refractivity (Wildman–Crippen MR) is 94.4 cm³/mol. The number of benzene rings is 2. The Morgan fingerprint density at radius 1 is 1.24 bits per heavy atom. The molecule has 2 aromatic carbocycles. The van der Waals surface area contributed by atoms with Crippen LogP contribution in [0.2, 0.25) is 0 Å². The van der Waals surface area contributed by atoms with Gasteiger partial charge in [0.15, 0.2) is 12.2 Å². The van der Waals surface area contributed by atoms with Gasteiger partial charge in [-0.15, -0.1) is 0 Å². The van der Waals surface area contributed by atoms with Crippen LogP contribution < -0.4 is 10.1 Å². The van der Waals surface area contributed by atoms with E-state index >= 15 is 0 Å². The van der Waals surface area contributed by atoms with Crippen LogP contribution in [0.1, 0.15) is 11.1 Å². The van der Waals surface area contributed by atoms with E-state index in [-0.39, 0.29) is 11.8 Å². The zero-order valence-corrected chi connectivity index (χ0v) is 13.9. The maximum atomic E-state index is 12.6. The maximum absolute atomic E-state index is 12.6. The lowest BCUT2D eigenvalue weighted by Crippen LogP contribution is -2.32. The number of anilines is 1. The molecular formula is C20H18N2O3. The van der Waals surface area contributed by atoms with Gasteiger partial charge in [-0.2, -0.15) is 0 Å². The lowest BCUT2D eigenvalue weighted by atomic mass is 9.96. The molecule has 2 heterocycles. The first-order valence-corrected chi connectivity index (χ1v) is 8.22. The Labute approximate surface area is 145 Å². The van der Waals surface area contributed by atoms with Gasteiger partial charge in [0, 0.05) is 11.3 Å². The average molecular weight is 334 g/mol. The van der Waals surface area contributed by atoms with E-state index in [1.165, 1.54) is 6.39 Å². The number of carbonyl (C=O) groups is 1. The number of oxazole rings is 1. The molecule has 0 bridgehead atoms. The monoisotopic (exact) mass is 334 g/mol. The van der Waals surface area contributed by atoms with Crippen molar-refractivity contribution in [2.24, 2.45) is 5.92 Å². The number of amides is 1. The highest BCUT2D eigenvalue weighted by molar-refractivity contribution is 5.94. The Kier molecular flexibility index (Phi) is 3.98. The summed E-state index contributed by atoms with van der Waals surface area (Å²) in [4.78, 5) is 16.6. The van der Waals surface area contributed by atoms with Crippen LogP contribution in [0.15, 0.2) is 59.5 Å². The Morgan fingerprint density at radius 3 is 2.92 bits per heavy atom. The van der Waals surface area contributed by atoms with E-state index < -0.39 is 0 Å². The number of rotatable bonds is 3. The van der Waals surface area contributed by atoms with Crippen LogP contribution in [0.4, 0.5) is 5.69 Å². The number of hydrogen-bond donors (Lipinski definition) is 1. The Hall–Kier alpha value is -3.08. The normalized spacial score (nSPS) is 16.0. The molecule has 0 aliphatic carbocycles. The molecule has 1 atom stereocenters. The van der Waals surface area contributed by atoms with Crippen LogP contribution in [0, 0.1) is 12.8 Å². The van der Waals surface area contributed by atoms with Gasteiger partial charge in [0.05, 0.1) is 12.1 Å². The van der Waals surface area contributed by atoms with E-state index in [4.69, 9.17) is 9.15 Å². The zero-order valence-electron chi connectivity index (χ0n) is 13.9. The number of nitrogens with zero attached hydrogens (tertiary/aromatic N) is 1. The molecule has 5 nitrogen and oxygen atoms in total. The fourth-order valence-electron chi connectivity index (χ4n) is 3.05. The molecule has 0 saturated heterocycles. The van der Waals surface area contributed by atoms with Gasteiger partial charge in [-0.3, -0.25) is 4.79 Å². The molecule has 1 aromatic heterocycles. The van der Waals surface area contributed by atoms with E-state index in [0.717, 1.165) is 28.1 Å². The third-order valence-corrected chi connectivity index (χ3v) is 4.45. The molecule has 0 saturated carbocycles. The number of ether oxygens (including phenoxy) is 1. The minimum atomic E-state index is -0.191. The van der Waals surface area contributed by atoms with Crippen molar-refractivity contribution in [3.8, 4) is 17.1 Å². The van der Waals surface area contributed by atoms with E-state index in [9.17, 15) is 4.79 Å². The highest BCUT2D eigenvalue weighted by Crippen LogP contribution is 2.29. The number of hydrogen-bond acceptors (Lipinski definition) is 4. The van der Waals surface area contributed by atoms with Crippen LogP contribution in [0.25, 0.3) is 11.3 Å². The van der Waals surface area contributed by atoms with Crippen molar-refractivity contribution in [2.75, 3.05) is 11.9 Å². The molecule has 1 unspecified atom stereocenters. The molecule has 126 valence electrons. The van der Waals surface area contributed by atoms with Gasteiger partial charge in [0.25, 0.3) is 0 Å². The van der Waals surface area contributed by atoms with Gasteiger partial charge >= 0.3 is 0 Å². The third kappa shape index (κ3) is 3.13. The molecule has 3 aromatic rings. The first-order chi connectivity index (χ1) is 12.2. The molecule has 1 amide bonds. The topological polar surface area (TPSA) is 64.4 Å². The smallest absolute Gasteiger partial charge is 0.231 e. The highest BCUT2D eigenvalue weighted by atomic mass is 16.5. The van der Waals surface area contributed by atoms with Crippen LogP contribution in [0.5, 0.6) is 5.75 Å². The summed E-state index contributed by atoms with van der Waals surface area (Å²) in [6.07, 6.45) is 3.77. The number of para-hydroxylation sites is 1. The van der Waals surface area contributed by atoms with Crippen molar-refractivity contribution in [1.82, 2.24) is 4.98 Å². The zero-order chi connectivity index (χ0) is 17.2. The van der Waals surface area contributed by atoms with E-state index in [1.54, 1.807) is 6.20 Å². The highest BCUT2D eigenvalue weighted by Gasteiger charge is 2.26. The summed E-state index contributed by atoms with van der Waals surface area (Å²) in [6, 6.07) is 13.6. The van der Waals surface area contributed by atoms with Crippen molar-refractivity contribution in [1.29, 1.82) is 0 Å². The minimum Gasteiger partial charge on any atom is -0.492 e. The summed E-state index contributed by atoms with van der Waals surface area (Å²) < 4.78 is 11.0. The van der Waals surface area contributed by atoms with E-state index in [2.05, 4.69) is 10.3 Å². The summed E-state index contributed by atoms with van der Waals surface area (Å²) >= 11 is 0. The van der Waals surface area contributed by atoms with Gasteiger partial charge in [-0.25, -0.2) is 4.98 Å². The quantitative estimate of drug-likeness (QED) is 0.790. The van der Waals surface area contributed by atoms with Crippen molar-refractivity contribution >= 4 is 11.6 Å². The first kappa shape index (κ1) is 15.4. The van der Waals surface area contributed by atoms with Gasteiger partial charge < -0.3 is 14.5 Å². The Morgan fingerprint density at radius 2 is 2.12 bits per heavy atom. The predicted octanol–water partition coefficient (Wildman–Crippen LogP) is 3.84. The lowest BCUT2D eigenvalue weighted by molar-refractivity contribution is -0.121. The molecule has 25 heavy (non-hydrogen) atoms. The average Bonchev–Trinajstić information content (AvgIpc) is 3.17. The second kappa shape index (κ2) is 6.43. The fourth-order valence-corrected chi connectivity index (χ4v) is 3.05. The molecule has 0 fully saturated rings. The van der Waals surface area contributed by atoms with Crippen LogP contribution in [-0.4, -0.2) is 17.5 Å². The number of aromatic nitrogens is 1. The van der Waals surface area contributed by atoms with Crippen molar-refractivity contribution in [3.05, 3.63) is 66.2 Å². The Balaban J connectivity index is 1.48. The molecular weight excluding hydrogens is 316 g/mol. The number of nitrogens with one attached hydrogen (secondary N) is 1. The number of fused-ring (bicyclic) bond motifs is 1. The summed E-state index contributed by atoms with van der Waals surface area (Å²) in [5.74, 6) is 1.37. The molecule has 1 aliphatic rings. The summed E-state index contributed by atoms with van der Waals surface area (Å²) in [6.45, 7) is 2.36. The van der Waals surface area contributed by atoms with Gasteiger partial charge in [-0.1, -0.05) is 18.2 Å². The molecule has 1 aliphatic heterocycles. The van der Waals surface area contributed by atoms with E-state index in [1.807, 2.05) is 49.4 Å². The van der Waals surface area contributed by atoms with Crippen molar-refractivity contribution in [2.45, 2.75) is 13.3 Å². The standard InChI is InChI=1S/C20H18N2O3/c1-13-8-15(19-10-21-12-25-19)6-7-17(13)22-20(23)16-9-14-4-2-3-5-18(14)24-11-16/h2-8,10,12,16H,9,11H2,1H3,(H,22,23). The third-order valence-electron chi connectivity index (χ3n) is 4.45. The van der Waals surface area contributed by atoms with Crippen molar-refractivity contribution in [3.63, 3.8) is 0 Å². The summed E-state index contributed by atoms with van der Waals surface area (Å²) in [5, 5.41) is 3.02. The van der Waals surface area contributed by atoms with Crippen LogP contribution >= 0.6 is 0 Å². The number of aryl methyl sites for hydroxylation is 1. The number of carbonyl (C=O) groups excluding carboxylic acids is 1. The minimum absolute atomic E-state index is 0.0231.